The van der Waals surface area contributed by atoms with E-state index >= 15 is 0 Å². The lowest BCUT2D eigenvalue weighted by molar-refractivity contribution is -0.137. The first kappa shape index (κ1) is 13.0. The summed E-state index contributed by atoms with van der Waals surface area (Å²) >= 11 is 0. The molecule has 1 aromatic rings. The summed E-state index contributed by atoms with van der Waals surface area (Å²) in [5.41, 5.74) is -0.700. The van der Waals surface area contributed by atoms with Crippen LogP contribution in [0.15, 0.2) is 12.4 Å². The molecule has 0 amide bonds. The van der Waals surface area contributed by atoms with Crippen molar-refractivity contribution in [2.24, 2.45) is 5.92 Å². The van der Waals surface area contributed by atoms with E-state index < -0.39 is 11.7 Å². The van der Waals surface area contributed by atoms with Crippen molar-refractivity contribution in [3.05, 3.63) is 18.0 Å². The van der Waals surface area contributed by atoms with Crippen LogP contribution >= 0.6 is 0 Å². The minimum atomic E-state index is -4.32. The van der Waals surface area contributed by atoms with Crippen LogP contribution in [-0.2, 0) is 6.18 Å². The first-order chi connectivity index (χ1) is 7.36. The lowest BCUT2D eigenvalue weighted by atomic mass is 10.1. The minimum Gasteiger partial charge on any atom is -0.318 e. The maximum absolute atomic E-state index is 12.4. The van der Waals surface area contributed by atoms with E-state index in [9.17, 15) is 13.2 Å². The van der Waals surface area contributed by atoms with Crippen LogP contribution < -0.4 is 5.32 Å². The molecule has 1 atom stereocenters. The molecular weight excluding hydrogens is 219 g/mol. The van der Waals surface area contributed by atoms with Crippen LogP contribution in [0.1, 0.15) is 25.5 Å². The molecule has 0 radical (unpaired) electrons. The lowest BCUT2D eigenvalue weighted by Gasteiger charge is -2.20. The number of aromatic nitrogens is 2. The molecule has 1 heterocycles. The molecule has 0 spiro atoms. The lowest BCUT2D eigenvalue weighted by Crippen LogP contribution is -2.26. The van der Waals surface area contributed by atoms with Gasteiger partial charge in [-0.05, 0) is 13.0 Å². The summed E-state index contributed by atoms with van der Waals surface area (Å²) < 4.78 is 38.5. The molecule has 16 heavy (non-hydrogen) atoms. The van der Waals surface area contributed by atoms with Crippen molar-refractivity contribution < 1.29 is 13.2 Å². The van der Waals surface area contributed by atoms with Crippen LogP contribution in [-0.4, -0.2) is 23.4 Å². The van der Waals surface area contributed by atoms with Crippen LogP contribution in [0.2, 0.25) is 0 Å². The van der Waals surface area contributed by atoms with Crippen LogP contribution in [0.5, 0.6) is 0 Å². The predicted octanol–water partition coefficient (Wildman–Crippen LogP) is 2.32. The van der Waals surface area contributed by atoms with Gasteiger partial charge in [0, 0.05) is 12.7 Å². The summed E-state index contributed by atoms with van der Waals surface area (Å²) in [5, 5.41) is 6.73. The molecule has 6 heteroatoms. The number of hydrogen-bond acceptors (Lipinski definition) is 2. The number of nitrogens with zero attached hydrogens (tertiary/aromatic N) is 2. The highest BCUT2D eigenvalue weighted by Crippen LogP contribution is 2.29. The Hall–Kier alpha value is -1.04. The van der Waals surface area contributed by atoms with Gasteiger partial charge in [0.25, 0.3) is 0 Å². The van der Waals surface area contributed by atoms with E-state index in [0.717, 1.165) is 12.4 Å². The van der Waals surface area contributed by atoms with Crippen molar-refractivity contribution in [3.63, 3.8) is 0 Å². The average molecular weight is 235 g/mol. The highest BCUT2D eigenvalue weighted by molar-refractivity contribution is 5.09. The zero-order valence-corrected chi connectivity index (χ0v) is 9.54. The second-order valence-electron chi connectivity index (χ2n) is 4.08. The van der Waals surface area contributed by atoms with E-state index in [1.54, 1.807) is 7.05 Å². The molecule has 1 unspecified atom stereocenters. The van der Waals surface area contributed by atoms with E-state index in [1.807, 2.05) is 13.8 Å². The van der Waals surface area contributed by atoms with Crippen molar-refractivity contribution in [2.45, 2.75) is 26.1 Å². The van der Waals surface area contributed by atoms with Gasteiger partial charge in [-0.15, -0.1) is 0 Å². The Balaban J connectivity index is 2.90. The summed E-state index contributed by atoms with van der Waals surface area (Å²) in [6, 6.07) is -0.0684. The summed E-state index contributed by atoms with van der Waals surface area (Å²) in [4.78, 5) is 0. The summed E-state index contributed by atoms with van der Waals surface area (Å²) in [6.45, 7) is 4.50. The summed E-state index contributed by atoms with van der Waals surface area (Å²) in [7, 11) is 1.77. The molecule has 0 bridgehead atoms. The molecule has 0 saturated carbocycles. The number of nitrogens with one attached hydrogen (secondary N) is 1. The monoisotopic (exact) mass is 235 g/mol. The van der Waals surface area contributed by atoms with Crippen molar-refractivity contribution in [1.29, 1.82) is 0 Å². The minimum absolute atomic E-state index is 0.0684. The Kier molecular flexibility index (Phi) is 3.96. The molecule has 92 valence electrons. The topological polar surface area (TPSA) is 29.9 Å². The molecule has 0 aliphatic rings. The highest BCUT2D eigenvalue weighted by atomic mass is 19.4. The molecule has 1 rings (SSSR count). The van der Waals surface area contributed by atoms with Crippen molar-refractivity contribution in [3.8, 4) is 0 Å². The van der Waals surface area contributed by atoms with Gasteiger partial charge in [-0.25, -0.2) is 0 Å². The Labute approximate surface area is 92.6 Å². The number of rotatable bonds is 4. The van der Waals surface area contributed by atoms with Crippen LogP contribution in [0.4, 0.5) is 13.2 Å². The summed E-state index contributed by atoms with van der Waals surface area (Å²) in [6.07, 6.45) is -2.40. The molecule has 0 aliphatic heterocycles. The zero-order chi connectivity index (χ0) is 12.3. The third-order valence-electron chi connectivity index (χ3n) is 2.45. The van der Waals surface area contributed by atoms with Gasteiger partial charge in [0.2, 0.25) is 0 Å². The van der Waals surface area contributed by atoms with Gasteiger partial charge < -0.3 is 5.32 Å². The van der Waals surface area contributed by atoms with Gasteiger partial charge in [-0.2, -0.15) is 18.3 Å². The smallest absolute Gasteiger partial charge is 0.318 e. The van der Waals surface area contributed by atoms with Gasteiger partial charge in [-0.3, -0.25) is 4.68 Å². The molecule has 0 fully saturated rings. The van der Waals surface area contributed by atoms with E-state index in [4.69, 9.17) is 0 Å². The number of halogens is 3. The molecule has 0 saturated heterocycles. The van der Waals surface area contributed by atoms with Crippen LogP contribution in [0.25, 0.3) is 0 Å². The molecule has 0 aliphatic carbocycles. The first-order valence-corrected chi connectivity index (χ1v) is 5.12. The quantitative estimate of drug-likeness (QED) is 0.868. The Morgan fingerprint density at radius 1 is 1.44 bits per heavy atom. The van der Waals surface area contributed by atoms with Crippen molar-refractivity contribution >= 4 is 0 Å². The zero-order valence-electron chi connectivity index (χ0n) is 9.54. The fraction of sp³-hybridized carbons (Fsp3) is 0.700. The highest BCUT2D eigenvalue weighted by Gasteiger charge is 2.33. The average Bonchev–Trinajstić information content (AvgIpc) is 2.61. The number of alkyl halides is 3. The van der Waals surface area contributed by atoms with Gasteiger partial charge >= 0.3 is 6.18 Å². The van der Waals surface area contributed by atoms with E-state index in [-0.39, 0.29) is 12.0 Å². The van der Waals surface area contributed by atoms with E-state index in [0.29, 0.717) is 6.54 Å². The largest absolute Gasteiger partial charge is 0.419 e. The number of hydrogen-bond donors (Lipinski definition) is 1. The first-order valence-electron chi connectivity index (χ1n) is 5.12. The van der Waals surface area contributed by atoms with E-state index in [1.165, 1.54) is 4.68 Å². The maximum Gasteiger partial charge on any atom is 0.419 e. The molecule has 1 N–H and O–H groups in total. The second-order valence-corrected chi connectivity index (χ2v) is 4.08. The fourth-order valence-corrected chi connectivity index (χ4v) is 1.51. The Morgan fingerprint density at radius 3 is 2.44 bits per heavy atom. The molecule has 0 aromatic carbocycles. The van der Waals surface area contributed by atoms with Gasteiger partial charge in [-0.1, -0.05) is 13.8 Å². The third-order valence-corrected chi connectivity index (χ3v) is 2.45. The van der Waals surface area contributed by atoms with Crippen molar-refractivity contribution in [1.82, 2.24) is 15.1 Å². The van der Waals surface area contributed by atoms with Crippen molar-refractivity contribution in [2.75, 3.05) is 13.6 Å². The Bertz CT molecular complexity index is 330. The van der Waals surface area contributed by atoms with Gasteiger partial charge in [0.15, 0.2) is 0 Å². The predicted molar refractivity (Wildman–Crippen MR) is 55.0 cm³/mol. The standard InChI is InChI=1S/C10H16F3N3/c1-7(2)9(5-14-3)16-6-8(4-15-16)10(11,12)13/h4,6-7,9,14H,5H2,1-3H3. The molecular formula is C10H16F3N3. The van der Waals surface area contributed by atoms with E-state index in [2.05, 4.69) is 10.4 Å². The maximum atomic E-state index is 12.4. The fourth-order valence-electron chi connectivity index (χ4n) is 1.51. The third kappa shape index (κ3) is 2.98. The second kappa shape index (κ2) is 4.86. The summed E-state index contributed by atoms with van der Waals surface area (Å²) in [5.74, 6) is 0.216. The van der Waals surface area contributed by atoms with Crippen LogP contribution in [0.3, 0.4) is 0 Å². The number of likely N-dealkylation sites (N-methyl/N-ethyl adjacent to an activating group) is 1. The van der Waals surface area contributed by atoms with Gasteiger partial charge in [0.05, 0.1) is 17.8 Å². The normalized spacial score (nSPS) is 14.4. The Morgan fingerprint density at radius 2 is 2.06 bits per heavy atom. The van der Waals surface area contributed by atoms with Crippen LogP contribution in [0, 0.1) is 5.92 Å². The molecule has 3 nitrogen and oxygen atoms in total. The SMILES string of the molecule is CNCC(C(C)C)n1cc(C(F)(F)F)cn1. The molecule has 1 aromatic heterocycles. The van der Waals surface area contributed by atoms with Gasteiger partial charge in [0.1, 0.15) is 0 Å².